The van der Waals surface area contributed by atoms with E-state index < -0.39 is 0 Å². The summed E-state index contributed by atoms with van der Waals surface area (Å²) >= 11 is 1.90. The highest BCUT2D eigenvalue weighted by Gasteiger charge is 2.22. The number of hydrogen-bond acceptors (Lipinski definition) is 5. The Kier molecular flexibility index (Phi) is 5.68. The van der Waals surface area contributed by atoms with Gasteiger partial charge in [-0.3, -0.25) is 4.79 Å². The molecular formula is C18H24N4OS. The highest BCUT2D eigenvalue weighted by Crippen LogP contribution is 2.26. The van der Waals surface area contributed by atoms with Crippen molar-refractivity contribution in [3.8, 4) is 0 Å². The van der Waals surface area contributed by atoms with E-state index in [1.54, 1.807) is 0 Å². The van der Waals surface area contributed by atoms with Gasteiger partial charge in [0.2, 0.25) is 5.91 Å². The molecule has 6 heteroatoms. The van der Waals surface area contributed by atoms with Crippen LogP contribution in [0.5, 0.6) is 0 Å². The summed E-state index contributed by atoms with van der Waals surface area (Å²) in [6.45, 7) is 4.20. The monoisotopic (exact) mass is 344 g/mol. The predicted octanol–water partition coefficient (Wildman–Crippen LogP) is 2.51. The Morgan fingerprint density at radius 3 is 2.92 bits per heavy atom. The molecule has 0 radical (unpaired) electrons. The molecule has 1 aliphatic heterocycles. The van der Waals surface area contributed by atoms with Gasteiger partial charge < -0.3 is 10.6 Å². The number of nitrogens with two attached hydrogens (primary N) is 1. The average molecular weight is 344 g/mol. The molecule has 0 spiro atoms. The van der Waals surface area contributed by atoms with E-state index in [0.29, 0.717) is 18.2 Å². The standard InChI is InChI=1S/C18H24N4OS/c1-13-3-2-4-14-11-20-16(21-18(13)14)12-24-15-6-9-22(10-7-15)17(23)5-8-19/h2-4,11,15H,5-10,12,19H2,1H3. The molecule has 1 saturated heterocycles. The lowest BCUT2D eigenvalue weighted by atomic mass is 10.1. The first kappa shape index (κ1) is 17.2. The van der Waals surface area contributed by atoms with Crippen LogP contribution < -0.4 is 5.73 Å². The van der Waals surface area contributed by atoms with Crippen LogP contribution in [-0.2, 0) is 10.5 Å². The largest absolute Gasteiger partial charge is 0.343 e. The lowest BCUT2D eigenvalue weighted by Gasteiger charge is -2.31. The zero-order valence-electron chi connectivity index (χ0n) is 14.1. The molecule has 2 N–H and O–H groups in total. The number of aryl methyl sites for hydroxylation is 1. The number of likely N-dealkylation sites (tertiary alicyclic amines) is 1. The highest BCUT2D eigenvalue weighted by atomic mass is 32.2. The average Bonchev–Trinajstić information content (AvgIpc) is 2.61. The third-order valence-electron chi connectivity index (χ3n) is 4.46. The lowest BCUT2D eigenvalue weighted by molar-refractivity contribution is -0.131. The summed E-state index contributed by atoms with van der Waals surface area (Å²) in [7, 11) is 0. The summed E-state index contributed by atoms with van der Waals surface area (Å²) < 4.78 is 0. The number of piperidine rings is 1. The topological polar surface area (TPSA) is 72.1 Å². The van der Waals surface area contributed by atoms with Crippen LogP contribution in [0.3, 0.4) is 0 Å². The smallest absolute Gasteiger partial charge is 0.223 e. The Bertz CT molecular complexity index is 713. The van der Waals surface area contributed by atoms with Gasteiger partial charge in [-0.2, -0.15) is 11.8 Å². The minimum absolute atomic E-state index is 0.189. The third-order valence-corrected chi connectivity index (χ3v) is 5.83. The fourth-order valence-corrected chi connectivity index (χ4v) is 4.12. The van der Waals surface area contributed by atoms with E-state index in [-0.39, 0.29) is 5.91 Å². The summed E-state index contributed by atoms with van der Waals surface area (Å²) in [6.07, 6.45) is 4.45. The maximum absolute atomic E-state index is 11.9. The first-order valence-electron chi connectivity index (χ1n) is 8.48. The number of benzene rings is 1. The first-order valence-corrected chi connectivity index (χ1v) is 9.53. The number of nitrogens with zero attached hydrogens (tertiary/aromatic N) is 3. The fraction of sp³-hybridized carbons (Fsp3) is 0.500. The van der Waals surface area contributed by atoms with E-state index in [4.69, 9.17) is 10.7 Å². The molecule has 0 aliphatic carbocycles. The third kappa shape index (κ3) is 4.05. The second-order valence-electron chi connectivity index (χ2n) is 6.23. The number of thioether (sulfide) groups is 1. The molecule has 1 fully saturated rings. The van der Waals surface area contributed by atoms with E-state index in [2.05, 4.69) is 18.0 Å². The van der Waals surface area contributed by atoms with Gasteiger partial charge in [0, 0.05) is 42.9 Å². The molecule has 0 bridgehead atoms. The van der Waals surface area contributed by atoms with E-state index >= 15 is 0 Å². The Hall–Kier alpha value is -1.66. The maximum Gasteiger partial charge on any atom is 0.223 e. The number of aromatic nitrogens is 2. The SMILES string of the molecule is Cc1cccc2cnc(CSC3CCN(C(=O)CCN)CC3)nc12. The Morgan fingerprint density at radius 2 is 2.17 bits per heavy atom. The maximum atomic E-state index is 11.9. The number of carbonyl (C=O) groups excluding carboxylic acids is 1. The lowest BCUT2D eigenvalue weighted by Crippen LogP contribution is -2.40. The van der Waals surface area contributed by atoms with Crippen molar-refractivity contribution in [3.05, 3.63) is 35.8 Å². The van der Waals surface area contributed by atoms with Crippen LogP contribution in [0.25, 0.3) is 10.9 Å². The summed E-state index contributed by atoms with van der Waals surface area (Å²) in [5, 5.41) is 1.67. The van der Waals surface area contributed by atoms with Crippen molar-refractivity contribution in [2.45, 2.75) is 37.2 Å². The molecule has 0 unspecified atom stereocenters. The van der Waals surface area contributed by atoms with E-state index in [9.17, 15) is 4.79 Å². The highest BCUT2D eigenvalue weighted by molar-refractivity contribution is 7.99. The molecule has 0 atom stereocenters. The van der Waals surface area contributed by atoms with Crippen LogP contribution in [0.4, 0.5) is 0 Å². The van der Waals surface area contributed by atoms with Crippen molar-refractivity contribution >= 4 is 28.6 Å². The van der Waals surface area contributed by atoms with Gasteiger partial charge in [-0.1, -0.05) is 18.2 Å². The second-order valence-corrected chi connectivity index (χ2v) is 7.52. The molecule has 5 nitrogen and oxygen atoms in total. The van der Waals surface area contributed by atoms with Crippen molar-refractivity contribution in [2.24, 2.45) is 5.73 Å². The van der Waals surface area contributed by atoms with Gasteiger partial charge in [-0.05, 0) is 25.3 Å². The Balaban J connectivity index is 1.54. The molecule has 1 aromatic heterocycles. The zero-order valence-corrected chi connectivity index (χ0v) is 14.9. The van der Waals surface area contributed by atoms with Gasteiger partial charge in [0.05, 0.1) is 11.3 Å². The summed E-state index contributed by atoms with van der Waals surface area (Å²) in [4.78, 5) is 23.0. The Labute approximate surface area is 147 Å². The second kappa shape index (κ2) is 7.94. The van der Waals surface area contributed by atoms with Gasteiger partial charge in [0.1, 0.15) is 5.82 Å². The number of rotatable bonds is 5. The van der Waals surface area contributed by atoms with E-state index in [1.165, 1.54) is 5.56 Å². The molecule has 1 aromatic carbocycles. The quantitative estimate of drug-likeness (QED) is 0.902. The molecule has 3 rings (SSSR count). The van der Waals surface area contributed by atoms with Gasteiger partial charge in [0.25, 0.3) is 0 Å². The molecular weight excluding hydrogens is 320 g/mol. The summed E-state index contributed by atoms with van der Waals surface area (Å²) in [5.41, 5.74) is 7.69. The van der Waals surface area contributed by atoms with Crippen molar-refractivity contribution in [3.63, 3.8) is 0 Å². The van der Waals surface area contributed by atoms with Gasteiger partial charge in [0.15, 0.2) is 0 Å². The van der Waals surface area contributed by atoms with Crippen LogP contribution in [0.15, 0.2) is 24.4 Å². The minimum Gasteiger partial charge on any atom is -0.343 e. The number of carbonyl (C=O) groups is 1. The molecule has 2 heterocycles. The zero-order chi connectivity index (χ0) is 16.9. The molecule has 2 aromatic rings. The van der Waals surface area contributed by atoms with E-state index in [0.717, 1.165) is 48.4 Å². The van der Waals surface area contributed by atoms with Crippen LogP contribution in [0, 0.1) is 6.92 Å². The molecule has 24 heavy (non-hydrogen) atoms. The number of amides is 1. The van der Waals surface area contributed by atoms with Crippen molar-refractivity contribution in [2.75, 3.05) is 19.6 Å². The number of fused-ring (bicyclic) bond motifs is 1. The first-order chi connectivity index (χ1) is 11.7. The fourth-order valence-electron chi connectivity index (χ4n) is 3.06. The minimum atomic E-state index is 0.189. The summed E-state index contributed by atoms with van der Waals surface area (Å²) in [6, 6.07) is 6.17. The Morgan fingerprint density at radius 1 is 1.38 bits per heavy atom. The number of hydrogen-bond donors (Lipinski definition) is 1. The number of para-hydroxylation sites is 1. The molecule has 128 valence electrons. The van der Waals surface area contributed by atoms with E-state index in [1.807, 2.05) is 35.0 Å². The van der Waals surface area contributed by atoms with Crippen LogP contribution in [0.1, 0.15) is 30.7 Å². The van der Waals surface area contributed by atoms with Crippen molar-refractivity contribution < 1.29 is 4.79 Å². The molecule has 0 saturated carbocycles. The van der Waals surface area contributed by atoms with Crippen molar-refractivity contribution in [1.29, 1.82) is 0 Å². The van der Waals surface area contributed by atoms with Gasteiger partial charge in [-0.25, -0.2) is 9.97 Å². The van der Waals surface area contributed by atoms with Crippen LogP contribution >= 0.6 is 11.8 Å². The normalized spacial score (nSPS) is 15.8. The molecule has 1 amide bonds. The predicted molar refractivity (Wildman–Crippen MR) is 98.8 cm³/mol. The van der Waals surface area contributed by atoms with Crippen LogP contribution in [0.2, 0.25) is 0 Å². The van der Waals surface area contributed by atoms with Crippen molar-refractivity contribution in [1.82, 2.24) is 14.9 Å². The van der Waals surface area contributed by atoms with Gasteiger partial charge >= 0.3 is 0 Å². The molecule has 1 aliphatic rings. The van der Waals surface area contributed by atoms with Crippen LogP contribution in [-0.4, -0.2) is 45.7 Å². The summed E-state index contributed by atoms with van der Waals surface area (Å²) in [5.74, 6) is 1.91. The van der Waals surface area contributed by atoms with Gasteiger partial charge in [-0.15, -0.1) is 0 Å².